The van der Waals surface area contributed by atoms with Crippen LogP contribution in [0.2, 0.25) is 0 Å². The Labute approximate surface area is 164 Å². The van der Waals surface area contributed by atoms with Gasteiger partial charge in [0.1, 0.15) is 5.82 Å². The molecule has 2 aliphatic heterocycles. The van der Waals surface area contributed by atoms with Crippen molar-refractivity contribution >= 4 is 11.8 Å². The van der Waals surface area contributed by atoms with Gasteiger partial charge in [-0.3, -0.25) is 14.6 Å². The zero-order valence-electron chi connectivity index (χ0n) is 15.7. The maximum Gasteiger partial charge on any atom is 0.256 e. The average molecular weight is 381 g/mol. The molecule has 6 heteroatoms. The standard InChI is InChI=1S/C22H24FN3O2/c23-18-8-2-1-6-15(18)12-17-13-19-20(9-3-4-10-21(27)25-19)26(17)22(28)16-7-5-11-24-14-16/h1-2,5-8,11,14,17,19-20H,3-4,9-10,12-13H2,(H,25,27)/t17-,19+,20-/m0/s1. The monoisotopic (exact) mass is 381 g/mol. The minimum absolute atomic E-state index is 0.0371. The van der Waals surface area contributed by atoms with Crippen LogP contribution >= 0.6 is 0 Å². The molecular formula is C22H24FN3O2. The molecule has 1 aromatic carbocycles. The first-order valence-electron chi connectivity index (χ1n) is 9.89. The molecule has 2 aliphatic rings. The van der Waals surface area contributed by atoms with Gasteiger partial charge in [-0.05, 0) is 49.4 Å². The van der Waals surface area contributed by atoms with Crippen LogP contribution in [0.5, 0.6) is 0 Å². The van der Waals surface area contributed by atoms with E-state index in [2.05, 4.69) is 10.3 Å². The smallest absolute Gasteiger partial charge is 0.256 e. The van der Waals surface area contributed by atoms with Crippen molar-refractivity contribution in [1.29, 1.82) is 0 Å². The molecule has 0 radical (unpaired) electrons. The van der Waals surface area contributed by atoms with Gasteiger partial charge in [0.15, 0.2) is 0 Å². The molecule has 5 nitrogen and oxygen atoms in total. The summed E-state index contributed by atoms with van der Waals surface area (Å²) in [6.45, 7) is 0. The van der Waals surface area contributed by atoms with Crippen molar-refractivity contribution in [3.63, 3.8) is 0 Å². The van der Waals surface area contributed by atoms with Crippen molar-refractivity contribution in [2.45, 2.75) is 56.7 Å². The number of nitrogens with zero attached hydrogens (tertiary/aromatic N) is 2. The molecule has 3 atom stereocenters. The topological polar surface area (TPSA) is 62.3 Å². The first-order chi connectivity index (χ1) is 13.6. The van der Waals surface area contributed by atoms with Gasteiger partial charge in [-0.2, -0.15) is 0 Å². The molecule has 1 aromatic heterocycles. The molecule has 3 heterocycles. The van der Waals surface area contributed by atoms with Crippen molar-refractivity contribution in [2.75, 3.05) is 0 Å². The van der Waals surface area contributed by atoms with Gasteiger partial charge in [0.25, 0.3) is 5.91 Å². The fourth-order valence-corrected chi connectivity index (χ4v) is 4.50. The Bertz CT molecular complexity index is 858. The molecule has 0 aliphatic carbocycles. The summed E-state index contributed by atoms with van der Waals surface area (Å²) in [6, 6.07) is 9.85. The Balaban J connectivity index is 1.66. The lowest BCUT2D eigenvalue weighted by atomic mass is 9.97. The third kappa shape index (κ3) is 3.77. The maximum atomic E-state index is 14.3. The Morgan fingerprint density at radius 2 is 2.07 bits per heavy atom. The molecule has 1 N–H and O–H groups in total. The number of halogens is 1. The molecule has 0 saturated carbocycles. The number of pyridine rings is 1. The fourth-order valence-electron chi connectivity index (χ4n) is 4.50. The lowest BCUT2D eigenvalue weighted by molar-refractivity contribution is -0.122. The Morgan fingerprint density at radius 1 is 1.21 bits per heavy atom. The third-order valence-electron chi connectivity index (χ3n) is 5.80. The summed E-state index contributed by atoms with van der Waals surface area (Å²) in [6.07, 6.45) is 7.36. The van der Waals surface area contributed by atoms with E-state index in [0.717, 1.165) is 19.3 Å². The predicted molar refractivity (Wildman–Crippen MR) is 103 cm³/mol. The highest BCUT2D eigenvalue weighted by atomic mass is 19.1. The molecule has 2 saturated heterocycles. The van der Waals surface area contributed by atoms with Crippen LogP contribution < -0.4 is 5.32 Å². The van der Waals surface area contributed by atoms with Crippen LogP contribution in [0.4, 0.5) is 4.39 Å². The molecular weight excluding hydrogens is 357 g/mol. The fraction of sp³-hybridized carbons (Fsp3) is 0.409. The third-order valence-corrected chi connectivity index (χ3v) is 5.80. The number of rotatable bonds is 3. The number of benzene rings is 1. The molecule has 28 heavy (non-hydrogen) atoms. The zero-order chi connectivity index (χ0) is 19.5. The number of nitrogens with one attached hydrogen (secondary N) is 1. The van der Waals surface area contributed by atoms with Crippen molar-refractivity contribution in [2.24, 2.45) is 0 Å². The van der Waals surface area contributed by atoms with E-state index in [1.54, 1.807) is 36.7 Å². The molecule has 4 rings (SSSR count). The summed E-state index contributed by atoms with van der Waals surface area (Å²) in [5, 5.41) is 3.11. The highest BCUT2D eigenvalue weighted by Gasteiger charge is 2.44. The molecule has 2 aromatic rings. The van der Waals surface area contributed by atoms with Crippen LogP contribution in [0.1, 0.15) is 48.0 Å². The van der Waals surface area contributed by atoms with E-state index in [1.807, 2.05) is 11.0 Å². The summed E-state index contributed by atoms with van der Waals surface area (Å²) in [7, 11) is 0. The minimum Gasteiger partial charge on any atom is -0.351 e. The zero-order valence-corrected chi connectivity index (χ0v) is 15.7. The van der Waals surface area contributed by atoms with Gasteiger partial charge in [-0.15, -0.1) is 0 Å². The summed E-state index contributed by atoms with van der Waals surface area (Å²) >= 11 is 0. The SMILES string of the molecule is O=C1CCCC[C@H]2[C@@H](C[C@H](Cc3ccccc3F)N2C(=O)c2cccnc2)N1. The van der Waals surface area contributed by atoms with Crippen LogP contribution in [-0.4, -0.2) is 39.8 Å². The molecule has 0 bridgehead atoms. The Morgan fingerprint density at radius 3 is 2.86 bits per heavy atom. The van der Waals surface area contributed by atoms with Crippen LogP contribution in [0.25, 0.3) is 0 Å². The van der Waals surface area contributed by atoms with Crippen molar-refractivity contribution < 1.29 is 14.0 Å². The second-order valence-electron chi connectivity index (χ2n) is 7.63. The minimum atomic E-state index is -0.260. The predicted octanol–water partition coefficient (Wildman–Crippen LogP) is 3.11. The highest BCUT2D eigenvalue weighted by Crippen LogP contribution is 2.33. The maximum absolute atomic E-state index is 14.3. The molecule has 0 spiro atoms. The van der Waals surface area contributed by atoms with E-state index >= 15 is 0 Å². The number of likely N-dealkylation sites (tertiary alicyclic amines) is 1. The first kappa shape index (κ1) is 18.6. The molecule has 0 unspecified atom stereocenters. The van der Waals surface area contributed by atoms with E-state index in [0.29, 0.717) is 30.4 Å². The lowest BCUT2D eigenvalue weighted by Gasteiger charge is -2.33. The van der Waals surface area contributed by atoms with Crippen LogP contribution in [0, 0.1) is 5.82 Å². The second-order valence-corrected chi connectivity index (χ2v) is 7.63. The largest absolute Gasteiger partial charge is 0.351 e. The van der Waals surface area contributed by atoms with Gasteiger partial charge in [-0.1, -0.05) is 24.6 Å². The highest BCUT2D eigenvalue weighted by molar-refractivity contribution is 5.94. The van der Waals surface area contributed by atoms with E-state index in [1.165, 1.54) is 6.07 Å². The van der Waals surface area contributed by atoms with E-state index < -0.39 is 0 Å². The van der Waals surface area contributed by atoms with E-state index in [9.17, 15) is 14.0 Å². The summed E-state index contributed by atoms with van der Waals surface area (Å²) in [5.41, 5.74) is 1.12. The molecule has 146 valence electrons. The normalized spacial score (nSPS) is 24.8. The van der Waals surface area contributed by atoms with E-state index in [-0.39, 0.29) is 35.8 Å². The van der Waals surface area contributed by atoms with Gasteiger partial charge in [0.2, 0.25) is 5.91 Å². The van der Waals surface area contributed by atoms with Crippen LogP contribution in [0.15, 0.2) is 48.8 Å². The molecule has 2 fully saturated rings. The average Bonchev–Trinajstić information content (AvgIpc) is 3.01. The van der Waals surface area contributed by atoms with Crippen molar-refractivity contribution in [3.05, 3.63) is 65.7 Å². The number of hydrogen-bond acceptors (Lipinski definition) is 3. The number of amides is 2. The van der Waals surface area contributed by atoms with Gasteiger partial charge in [0.05, 0.1) is 17.6 Å². The summed E-state index contributed by atoms with van der Waals surface area (Å²) < 4.78 is 14.3. The second kappa shape index (κ2) is 8.09. The Hall–Kier alpha value is -2.76. The van der Waals surface area contributed by atoms with Gasteiger partial charge < -0.3 is 10.2 Å². The number of carbonyl (C=O) groups is 2. The van der Waals surface area contributed by atoms with Crippen LogP contribution in [-0.2, 0) is 11.2 Å². The van der Waals surface area contributed by atoms with Gasteiger partial charge in [0, 0.05) is 24.9 Å². The number of aromatic nitrogens is 1. The summed E-state index contributed by atoms with van der Waals surface area (Å²) in [4.78, 5) is 31.5. The van der Waals surface area contributed by atoms with E-state index in [4.69, 9.17) is 0 Å². The quantitative estimate of drug-likeness (QED) is 0.889. The van der Waals surface area contributed by atoms with Gasteiger partial charge >= 0.3 is 0 Å². The molecule has 2 amide bonds. The van der Waals surface area contributed by atoms with Crippen molar-refractivity contribution in [3.8, 4) is 0 Å². The Kier molecular flexibility index (Phi) is 5.37. The first-order valence-corrected chi connectivity index (χ1v) is 9.89. The number of fused-ring (bicyclic) bond motifs is 1. The van der Waals surface area contributed by atoms with Crippen LogP contribution in [0.3, 0.4) is 0 Å². The summed E-state index contributed by atoms with van der Waals surface area (Å²) in [5.74, 6) is -0.323. The van der Waals surface area contributed by atoms with Gasteiger partial charge in [-0.25, -0.2) is 4.39 Å². The number of carbonyl (C=O) groups excluding carboxylic acids is 2. The number of hydrogen-bond donors (Lipinski definition) is 1. The van der Waals surface area contributed by atoms with Crippen molar-refractivity contribution in [1.82, 2.24) is 15.2 Å². The lowest BCUT2D eigenvalue weighted by Crippen LogP contribution is -2.49.